The predicted molar refractivity (Wildman–Crippen MR) is 55.9 cm³/mol. The number of primary amides is 1. The summed E-state index contributed by atoms with van der Waals surface area (Å²) in [5.41, 5.74) is 8.28. The number of carbonyl (C=O) groups excluding carboxylic acids is 1. The lowest BCUT2D eigenvalue weighted by Gasteiger charge is -2.05. The van der Waals surface area contributed by atoms with Gasteiger partial charge in [-0.05, 0) is 24.5 Å². The van der Waals surface area contributed by atoms with Crippen molar-refractivity contribution in [1.82, 2.24) is 4.98 Å². The normalized spacial score (nSPS) is 10.1. The average molecular weight is 192 g/mol. The van der Waals surface area contributed by atoms with Gasteiger partial charge in [-0.1, -0.05) is 19.4 Å². The van der Waals surface area contributed by atoms with Crippen LogP contribution in [0, 0.1) is 6.92 Å². The second-order valence-corrected chi connectivity index (χ2v) is 3.48. The molecule has 14 heavy (non-hydrogen) atoms. The molecule has 2 N–H and O–H groups in total. The largest absolute Gasteiger partial charge is 0.369 e. The average Bonchev–Trinajstić information content (AvgIpc) is 2.10. The third-order valence-electron chi connectivity index (χ3n) is 2.15. The quantitative estimate of drug-likeness (QED) is 0.783. The molecule has 1 rings (SSSR count). The van der Waals surface area contributed by atoms with Crippen molar-refractivity contribution in [3.05, 3.63) is 29.1 Å². The molecule has 1 amide bonds. The lowest BCUT2D eigenvalue weighted by Crippen LogP contribution is -2.14. The van der Waals surface area contributed by atoms with E-state index in [2.05, 4.69) is 11.9 Å². The molecule has 0 atom stereocenters. The zero-order chi connectivity index (χ0) is 10.6. The van der Waals surface area contributed by atoms with Gasteiger partial charge in [0.05, 0.1) is 6.42 Å². The first kappa shape index (κ1) is 10.7. The molecule has 1 heterocycles. The summed E-state index contributed by atoms with van der Waals surface area (Å²) in [5.74, 6) is -0.307. The number of aromatic nitrogens is 1. The van der Waals surface area contributed by atoms with E-state index in [1.807, 2.05) is 13.0 Å². The van der Waals surface area contributed by atoms with Crippen LogP contribution in [0.1, 0.15) is 30.2 Å². The van der Waals surface area contributed by atoms with Crippen molar-refractivity contribution in [1.29, 1.82) is 0 Å². The third kappa shape index (κ3) is 2.83. The van der Waals surface area contributed by atoms with Crippen LogP contribution in [-0.4, -0.2) is 10.9 Å². The maximum absolute atomic E-state index is 10.7. The minimum Gasteiger partial charge on any atom is -0.369 e. The minimum atomic E-state index is -0.307. The predicted octanol–water partition coefficient (Wildman–Crippen LogP) is 1.37. The molecule has 1 aromatic heterocycles. The van der Waals surface area contributed by atoms with Gasteiger partial charge in [0.15, 0.2) is 0 Å². The fourth-order valence-electron chi connectivity index (χ4n) is 1.45. The highest BCUT2D eigenvalue weighted by atomic mass is 16.1. The SMILES string of the molecule is CCCc1cc(CC(N)=O)cnc1C. The van der Waals surface area contributed by atoms with Crippen LogP contribution in [0.5, 0.6) is 0 Å². The molecule has 0 aromatic carbocycles. The Kier molecular flexibility index (Phi) is 3.63. The second-order valence-electron chi connectivity index (χ2n) is 3.48. The molecule has 0 unspecified atom stereocenters. The van der Waals surface area contributed by atoms with Gasteiger partial charge in [-0.25, -0.2) is 0 Å². The van der Waals surface area contributed by atoms with Crippen molar-refractivity contribution in [2.24, 2.45) is 5.73 Å². The Morgan fingerprint density at radius 3 is 2.86 bits per heavy atom. The van der Waals surface area contributed by atoms with E-state index in [9.17, 15) is 4.79 Å². The monoisotopic (exact) mass is 192 g/mol. The van der Waals surface area contributed by atoms with Crippen LogP contribution in [0.15, 0.2) is 12.3 Å². The van der Waals surface area contributed by atoms with E-state index >= 15 is 0 Å². The minimum absolute atomic E-state index is 0.282. The van der Waals surface area contributed by atoms with E-state index in [-0.39, 0.29) is 12.3 Å². The number of rotatable bonds is 4. The fraction of sp³-hybridized carbons (Fsp3) is 0.455. The zero-order valence-corrected chi connectivity index (χ0v) is 8.71. The first-order valence-corrected chi connectivity index (χ1v) is 4.86. The second kappa shape index (κ2) is 4.74. The summed E-state index contributed by atoms with van der Waals surface area (Å²) >= 11 is 0. The van der Waals surface area contributed by atoms with E-state index < -0.39 is 0 Å². The number of aryl methyl sites for hydroxylation is 2. The molecular weight excluding hydrogens is 176 g/mol. The Morgan fingerprint density at radius 2 is 2.29 bits per heavy atom. The molecule has 0 saturated carbocycles. The lowest BCUT2D eigenvalue weighted by molar-refractivity contribution is -0.117. The summed E-state index contributed by atoms with van der Waals surface area (Å²) in [6, 6.07) is 2.02. The Balaban J connectivity index is 2.88. The molecule has 0 fully saturated rings. The molecule has 0 aliphatic heterocycles. The van der Waals surface area contributed by atoms with Gasteiger partial charge in [-0.3, -0.25) is 9.78 Å². The van der Waals surface area contributed by atoms with E-state index in [1.54, 1.807) is 6.20 Å². The molecular formula is C11H16N2O. The Bertz CT molecular complexity index is 334. The van der Waals surface area contributed by atoms with E-state index in [0.717, 1.165) is 24.1 Å². The summed E-state index contributed by atoms with van der Waals surface area (Å²) in [6.07, 6.45) is 4.09. The van der Waals surface area contributed by atoms with E-state index in [4.69, 9.17) is 5.73 Å². The number of hydrogen-bond acceptors (Lipinski definition) is 2. The van der Waals surface area contributed by atoms with Gasteiger partial charge in [0.2, 0.25) is 5.91 Å². The molecule has 0 aliphatic carbocycles. The third-order valence-corrected chi connectivity index (χ3v) is 2.15. The standard InChI is InChI=1S/C11H16N2O/c1-3-4-10-5-9(6-11(12)14)7-13-8(10)2/h5,7H,3-4,6H2,1-2H3,(H2,12,14). The van der Waals surface area contributed by atoms with Crippen molar-refractivity contribution in [2.45, 2.75) is 33.1 Å². The Morgan fingerprint density at radius 1 is 1.57 bits per heavy atom. The van der Waals surface area contributed by atoms with Gasteiger partial charge in [0.25, 0.3) is 0 Å². The molecule has 3 nitrogen and oxygen atoms in total. The van der Waals surface area contributed by atoms with Crippen LogP contribution < -0.4 is 5.73 Å². The summed E-state index contributed by atoms with van der Waals surface area (Å²) in [6.45, 7) is 4.11. The van der Waals surface area contributed by atoms with Crippen LogP contribution in [0.3, 0.4) is 0 Å². The molecule has 3 heteroatoms. The van der Waals surface area contributed by atoms with Crippen LogP contribution in [0.25, 0.3) is 0 Å². The van der Waals surface area contributed by atoms with Crippen molar-refractivity contribution in [3.63, 3.8) is 0 Å². The molecule has 1 aromatic rings. The first-order chi connectivity index (χ1) is 6.63. The topological polar surface area (TPSA) is 56.0 Å². The van der Waals surface area contributed by atoms with Crippen molar-refractivity contribution in [2.75, 3.05) is 0 Å². The summed E-state index contributed by atoms with van der Waals surface area (Å²) in [5, 5.41) is 0. The van der Waals surface area contributed by atoms with Gasteiger partial charge in [-0.2, -0.15) is 0 Å². The molecule has 0 saturated heterocycles. The van der Waals surface area contributed by atoms with Crippen LogP contribution in [0.4, 0.5) is 0 Å². The zero-order valence-electron chi connectivity index (χ0n) is 8.71. The van der Waals surface area contributed by atoms with E-state index in [0.29, 0.717) is 0 Å². The molecule has 0 aliphatic rings. The maximum Gasteiger partial charge on any atom is 0.221 e. The summed E-state index contributed by atoms with van der Waals surface area (Å²) in [4.78, 5) is 15.0. The first-order valence-electron chi connectivity index (χ1n) is 4.86. The number of nitrogens with two attached hydrogens (primary N) is 1. The number of nitrogens with zero attached hydrogens (tertiary/aromatic N) is 1. The van der Waals surface area contributed by atoms with Crippen LogP contribution in [-0.2, 0) is 17.6 Å². The number of carbonyl (C=O) groups is 1. The van der Waals surface area contributed by atoms with Gasteiger partial charge in [-0.15, -0.1) is 0 Å². The Labute approximate surface area is 84.3 Å². The highest BCUT2D eigenvalue weighted by Crippen LogP contribution is 2.10. The highest BCUT2D eigenvalue weighted by Gasteiger charge is 2.03. The number of amides is 1. The molecule has 76 valence electrons. The molecule has 0 bridgehead atoms. The lowest BCUT2D eigenvalue weighted by atomic mass is 10.1. The summed E-state index contributed by atoms with van der Waals surface area (Å²) in [7, 11) is 0. The van der Waals surface area contributed by atoms with Gasteiger partial charge >= 0.3 is 0 Å². The molecule has 0 spiro atoms. The Hall–Kier alpha value is -1.38. The highest BCUT2D eigenvalue weighted by molar-refractivity contribution is 5.76. The van der Waals surface area contributed by atoms with Crippen molar-refractivity contribution in [3.8, 4) is 0 Å². The number of pyridine rings is 1. The van der Waals surface area contributed by atoms with E-state index in [1.165, 1.54) is 5.56 Å². The fourth-order valence-corrected chi connectivity index (χ4v) is 1.45. The van der Waals surface area contributed by atoms with Crippen LogP contribution in [0.2, 0.25) is 0 Å². The van der Waals surface area contributed by atoms with Gasteiger partial charge < -0.3 is 5.73 Å². The molecule has 0 radical (unpaired) electrons. The van der Waals surface area contributed by atoms with Gasteiger partial charge in [0, 0.05) is 11.9 Å². The number of hydrogen-bond donors (Lipinski definition) is 1. The van der Waals surface area contributed by atoms with Crippen molar-refractivity contribution >= 4 is 5.91 Å². The van der Waals surface area contributed by atoms with Crippen molar-refractivity contribution < 1.29 is 4.79 Å². The van der Waals surface area contributed by atoms with Crippen LogP contribution >= 0.6 is 0 Å². The van der Waals surface area contributed by atoms with Gasteiger partial charge in [0.1, 0.15) is 0 Å². The smallest absolute Gasteiger partial charge is 0.221 e. The maximum atomic E-state index is 10.7. The summed E-state index contributed by atoms with van der Waals surface area (Å²) < 4.78 is 0.